The van der Waals surface area contributed by atoms with Crippen molar-refractivity contribution < 1.29 is 14.3 Å². The first kappa shape index (κ1) is 16.6. The number of amides is 1. The van der Waals surface area contributed by atoms with E-state index in [1.807, 2.05) is 11.0 Å². The molecule has 0 aromatic carbocycles. The molecule has 5 heteroatoms. The Hall–Kier alpha value is -0.910. The van der Waals surface area contributed by atoms with Gasteiger partial charge in [0.15, 0.2) is 0 Å². The van der Waals surface area contributed by atoms with Crippen molar-refractivity contribution in [3.63, 3.8) is 0 Å². The van der Waals surface area contributed by atoms with Gasteiger partial charge in [0.2, 0.25) is 0 Å². The Morgan fingerprint density at radius 3 is 3.00 bits per heavy atom. The zero-order chi connectivity index (χ0) is 16.7. The summed E-state index contributed by atoms with van der Waals surface area (Å²) in [6.07, 6.45) is 5.85. The van der Waals surface area contributed by atoms with E-state index in [1.165, 1.54) is 23.3 Å². The van der Waals surface area contributed by atoms with Crippen LogP contribution in [0.1, 0.15) is 52.2 Å². The van der Waals surface area contributed by atoms with E-state index < -0.39 is 0 Å². The molecule has 24 heavy (non-hydrogen) atoms. The number of carbonyl (C=O) groups is 1. The molecule has 0 radical (unpaired) electrons. The number of likely N-dealkylation sites (tertiary alicyclic amines) is 1. The third-order valence-corrected chi connectivity index (χ3v) is 6.78. The van der Waals surface area contributed by atoms with Crippen molar-refractivity contribution in [2.24, 2.45) is 5.92 Å². The number of aryl methyl sites for hydroxylation is 2. The standard InChI is InChI=1S/C19H27NO3S/c1-13-8-17(24-14(13)2)18(21)20-7-3-6-19(12-20)9-16(11-23-19)22-10-15-4-5-15/h8,15-16H,3-7,9-12H2,1-2H3/t16-,19+/m0/s1. The molecule has 3 heterocycles. The number of thiophene rings is 1. The van der Waals surface area contributed by atoms with Gasteiger partial charge in [0.25, 0.3) is 5.91 Å². The van der Waals surface area contributed by atoms with E-state index >= 15 is 0 Å². The van der Waals surface area contributed by atoms with Crippen LogP contribution in [0.4, 0.5) is 0 Å². The molecule has 3 fully saturated rings. The zero-order valence-electron chi connectivity index (χ0n) is 14.7. The van der Waals surface area contributed by atoms with E-state index in [9.17, 15) is 4.79 Å². The molecule has 4 rings (SSSR count). The van der Waals surface area contributed by atoms with Gasteiger partial charge in [-0.2, -0.15) is 0 Å². The SMILES string of the molecule is Cc1cc(C(=O)N2CCC[C@@]3(C[C@H](OCC4CC4)CO3)C2)sc1C. The summed E-state index contributed by atoms with van der Waals surface area (Å²) in [5.41, 5.74) is 1.03. The Balaban J connectivity index is 1.39. The average molecular weight is 349 g/mol. The van der Waals surface area contributed by atoms with Gasteiger partial charge >= 0.3 is 0 Å². The van der Waals surface area contributed by atoms with Gasteiger partial charge < -0.3 is 14.4 Å². The average Bonchev–Trinajstić information content (AvgIpc) is 3.25. The van der Waals surface area contributed by atoms with Crippen molar-refractivity contribution in [3.05, 3.63) is 21.4 Å². The predicted molar refractivity (Wildman–Crippen MR) is 94.7 cm³/mol. The maximum Gasteiger partial charge on any atom is 0.264 e. The zero-order valence-corrected chi connectivity index (χ0v) is 15.5. The summed E-state index contributed by atoms with van der Waals surface area (Å²) in [5, 5.41) is 0. The Kier molecular flexibility index (Phi) is 4.43. The third-order valence-electron chi connectivity index (χ3n) is 5.64. The number of hydrogen-bond acceptors (Lipinski definition) is 4. The first-order valence-corrected chi connectivity index (χ1v) is 9.98. The van der Waals surface area contributed by atoms with E-state index in [2.05, 4.69) is 13.8 Å². The molecule has 2 atom stereocenters. The molecule has 1 spiro atoms. The van der Waals surface area contributed by atoms with E-state index in [4.69, 9.17) is 9.47 Å². The lowest BCUT2D eigenvalue weighted by Gasteiger charge is -2.39. The van der Waals surface area contributed by atoms with Gasteiger partial charge in [0.1, 0.15) is 0 Å². The van der Waals surface area contributed by atoms with E-state index in [0.29, 0.717) is 13.2 Å². The molecule has 132 valence electrons. The minimum atomic E-state index is -0.177. The van der Waals surface area contributed by atoms with Crippen LogP contribution < -0.4 is 0 Å². The number of nitrogens with zero attached hydrogens (tertiary/aromatic N) is 1. The molecule has 1 aliphatic carbocycles. The highest BCUT2D eigenvalue weighted by Gasteiger charge is 2.45. The molecule has 3 aliphatic rings. The fourth-order valence-corrected chi connectivity index (χ4v) is 4.86. The highest BCUT2D eigenvalue weighted by molar-refractivity contribution is 7.14. The number of piperidine rings is 1. The molecule has 1 amide bonds. The van der Waals surface area contributed by atoms with Crippen molar-refractivity contribution in [1.82, 2.24) is 4.90 Å². The number of carbonyl (C=O) groups excluding carboxylic acids is 1. The van der Waals surface area contributed by atoms with Gasteiger partial charge in [-0.25, -0.2) is 0 Å². The minimum Gasteiger partial charge on any atom is -0.375 e. The summed E-state index contributed by atoms with van der Waals surface area (Å²) in [5.74, 6) is 0.956. The van der Waals surface area contributed by atoms with Crippen molar-refractivity contribution in [2.45, 2.75) is 57.7 Å². The van der Waals surface area contributed by atoms with Gasteiger partial charge in [-0.05, 0) is 57.1 Å². The van der Waals surface area contributed by atoms with Gasteiger partial charge in [-0.1, -0.05) is 0 Å². The smallest absolute Gasteiger partial charge is 0.264 e. The Labute approximate surface area is 148 Å². The molecular formula is C19H27NO3S. The number of ether oxygens (including phenoxy) is 2. The van der Waals surface area contributed by atoms with Crippen LogP contribution in [-0.4, -0.2) is 48.8 Å². The van der Waals surface area contributed by atoms with Gasteiger partial charge in [0, 0.05) is 24.4 Å². The summed E-state index contributed by atoms with van der Waals surface area (Å²) < 4.78 is 12.2. The van der Waals surface area contributed by atoms with Crippen LogP contribution in [0.25, 0.3) is 0 Å². The fraction of sp³-hybridized carbons (Fsp3) is 0.737. The molecule has 4 nitrogen and oxygen atoms in total. The second-order valence-corrected chi connectivity index (χ2v) is 9.03. The quantitative estimate of drug-likeness (QED) is 0.834. The van der Waals surface area contributed by atoms with E-state index in [-0.39, 0.29) is 17.6 Å². The maximum absolute atomic E-state index is 12.9. The van der Waals surface area contributed by atoms with Gasteiger partial charge in [0.05, 0.1) is 29.7 Å². The summed E-state index contributed by atoms with van der Waals surface area (Å²) in [7, 11) is 0. The van der Waals surface area contributed by atoms with Crippen LogP contribution >= 0.6 is 11.3 Å². The number of rotatable bonds is 4. The van der Waals surface area contributed by atoms with Crippen LogP contribution in [0.2, 0.25) is 0 Å². The first-order chi connectivity index (χ1) is 11.5. The molecule has 1 aromatic rings. The second kappa shape index (κ2) is 6.43. The predicted octanol–water partition coefficient (Wildman–Crippen LogP) is 3.56. The van der Waals surface area contributed by atoms with Gasteiger partial charge in [-0.15, -0.1) is 11.3 Å². The topological polar surface area (TPSA) is 38.8 Å². The Bertz CT molecular complexity index is 605. The highest BCUT2D eigenvalue weighted by atomic mass is 32.1. The van der Waals surface area contributed by atoms with Crippen molar-refractivity contribution >= 4 is 17.2 Å². The van der Waals surface area contributed by atoms with Crippen molar-refractivity contribution in [2.75, 3.05) is 26.3 Å². The molecule has 0 unspecified atom stereocenters. The molecule has 0 N–H and O–H groups in total. The normalized spacial score (nSPS) is 30.2. The van der Waals surface area contributed by atoms with Crippen LogP contribution in [0.3, 0.4) is 0 Å². The monoisotopic (exact) mass is 349 g/mol. The number of hydrogen-bond donors (Lipinski definition) is 0. The van der Waals surface area contributed by atoms with Crippen LogP contribution in [0, 0.1) is 19.8 Å². The van der Waals surface area contributed by atoms with E-state index in [1.54, 1.807) is 11.3 Å². The molecule has 2 aliphatic heterocycles. The van der Waals surface area contributed by atoms with Crippen LogP contribution in [-0.2, 0) is 9.47 Å². The van der Waals surface area contributed by atoms with Gasteiger partial charge in [-0.3, -0.25) is 4.79 Å². The third kappa shape index (κ3) is 3.39. The summed E-state index contributed by atoms with van der Waals surface area (Å²) in [4.78, 5) is 17.0. The van der Waals surface area contributed by atoms with Crippen molar-refractivity contribution in [3.8, 4) is 0 Å². The first-order valence-electron chi connectivity index (χ1n) is 9.16. The van der Waals surface area contributed by atoms with Crippen LogP contribution in [0.15, 0.2) is 6.07 Å². The lowest BCUT2D eigenvalue weighted by Crippen LogP contribution is -2.50. The summed E-state index contributed by atoms with van der Waals surface area (Å²) >= 11 is 1.61. The Morgan fingerprint density at radius 2 is 2.29 bits per heavy atom. The minimum absolute atomic E-state index is 0.168. The van der Waals surface area contributed by atoms with E-state index in [0.717, 1.165) is 43.2 Å². The lowest BCUT2D eigenvalue weighted by molar-refractivity contribution is -0.0464. The molecule has 0 bridgehead atoms. The maximum atomic E-state index is 12.9. The van der Waals surface area contributed by atoms with Crippen molar-refractivity contribution in [1.29, 1.82) is 0 Å². The highest BCUT2D eigenvalue weighted by Crippen LogP contribution is 2.38. The second-order valence-electron chi connectivity index (χ2n) is 7.78. The Morgan fingerprint density at radius 1 is 1.46 bits per heavy atom. The largest absolute Gasteiger partial charge is 0.375 e. The van der Waals surface area contributed by atoms with Crippen LogP contribution in [0.5, 0.6) is 0 Å². The lowest BCUT2D eigenvalue weighted by atomic mass is 9.89. The summed E-state index contributed by atoms with van der Waals surface area (Å²) in [6.45, 7) is 7.28. The molecule has 2 saturated heterocycles. The molecule has 1 saturated carbocycles. The molecular weight excluding hydrogens is 322 g/mol. The molecule has 1 aromatic heterocycles. The fourth-order valence-electron chi connectivity index (χ4n) is 3.86. The summed E-state index contributed by atoms with van der Waals surface area (Å²) in [6, 6.07) is 2.03.